The van der Waals surface area contributed by atoms with Crippen LogP contribution in [-0.2, 0) is 0 Å². The van der Waals surface area contributed by atoms with Crippen LogP contribution in [0.3, 0.4) is 0 Å². The highest BCUT2D eigenvalue weighted by atomic mass is 19.1. The molecule has 0 aliphatic heterocycles. The monoisotopic (exact) mass is 398 g/mol. The number of carbonyl (C=O) groups is 2. The van der Waals surface area contributed by atoms with Gasteiger partial charge in [0.2, 0.25) is 0 Å². The lowest BCUT2D eigenvalue weighted by atomic mass is 10.2. The zero-order chi connectivity index (χ0) is 20.5. The van der Waals surface area contributed by atoms with Crippen LogP contribution in [0.4, 0.5) is 14.6 Å². The van der Waals surface area contributed by atoms with E-state index in [1.54, 1.807) is 16.7 Å². The molecule has 150 valence electrons. The fraction of sp³-hybridized carbons (Fsp3) is 0.286. The topological polar surface area (TPSA) is 75.5 Å². The molecular formula is C21H20F2N4O2. The number of halogens is 2. The summed E-state index contributed by atoms with van der Waals surface area (Å²) in [6.07, 6.45) is 5.65. The van der Waals surface area contributed by atoms with Crippen molar-refractivity contribution in [3.05, 3.63) is 65.0 Å². The number of pyridine rings is 1. The molecule has 4 rings (SSSR count). The molecular weight excluding hydrogens is 378 g/mol. The van der Waals surface area contributed by atoms with E-state index >= 15 is 0 Å². The van der Waals surface area contributed by atoms with E-state index in [-0.39, 0.29) is 23.5 Å². The number of carbonyl (C=O) groups excluding carboxylic acids is 2. The number of amides is 2. The highest BCUT2D eigenvalue weighted by molar-refractivity contribution is 6.08. The zero-order valence-corrected chi connectivity index (χ0v) is 15.8. The SMILES string of the molecule is Cc1ccc2nc(NC(=O)c3cc(F)ccc3F)c(C(=O)NC3CCCC3)n2c1. The summed E-state index contributed by atoms with van der Waals surface area (Å²) in [5, 5.41) is 5.45. The van der Waals surface area contributed by atoms with Crippen LogP contribution >= 0.6 is 0 Å². The van der Waals surface area contributed by atoms with Gasteiger partial charge in [0.1, 0.15) is 17.3 Å². The second-order valence-corrected chi connectivity index (χ2v) is 7.28. The number of nitrogens with one attached hydrogen (secondary N) is 2. The summed E-state index contributed by atoms with van der Waals surface area (Å²) in [6.45, 7) is 1.87. The van der Waals surface area contributed by atoms with Crippen LogP contribution in [0, 0.1) is 18.6 Å². The van der Waals surface area contributed by atoms with Crippen LogP contribution in [0.15, 0.2) is 36.5 Å². The molecule has 2 aromatic heterocycles. The fourth-order valence-electron chi connectivity index (χ4n) is 3.63. The minimum atomic E-state index is -0.878. The van der Waals surface area contributed by atoms with Crippen LogP contribution in [0.1, 0.15) is 52.1 Å². The van der Waals surface area contributed by atoms with Gasteiger partial charge in [-0.2, -0.15) is 0 Å². The molecule has 0 unspecified atom stereocenters. The van der Waals surface area contributed by atoms with Gasteiger partial charge in [0.15, 0.2) is 11.5 Å². The van der Waals surface area contributed by atoms with E-state index in [4.69, 9.17) is 0 Å². The molecule has 8 heteroatoms. The largest absolute Gasteiger partial charge is 0.348 e. The van der Waals surface area contributed by atoms with Crippen molar-refractivity contribution in [1.82, 2.24) is 14.7 Å². The molecule has 1 aliphatic carbocycles. The summed E-state index contributed by atoms with van der Waals surface area (Å²) in [6, 6.07) is 6.25. The van der Waals surface area contributed by atoms with Crippen molar-refractivity contribution in [1.29, 1.82) is 0 Å². The van der Waals surface area contributed by atoms with Gasteiger partial charge in [-0.1, -0.05) is 18.9 Å². The van der Waals surface area contributed by atoms with Crippen molar-refractivity contribution >= 4 is 23.3 Å². The summed E-state index contributed by atoms with van der Waals surface area (Å²) in [4.78, 5) is 29.9. The fourth-order valence-corrected chi connectivity index (χ4v) is 3.63. The van der Waals surface area contributed by atoms with Gasteiger partial charge < -0.3 is 10.6 Å². The Morgan fingerprint density at radius 2 is 1.86 bits per heavy atom. The summed E-state index contributed by atoms with van der Waals surface area (Å²) in [5.74, 6) is -2.84. The van der Waals surface area contributed by atoms with E-state index in [0.29, 0.717) is 5.65 Å². The van der Waals surface area contributed by atoms with Crippen LogP contribution in [0.5, 0.6) is 0 Å². The summed E-state index contributed by atoms with van der Waals surface area (Å²) in [7, 11) is 0. The first-order chi connectivity index (χ1) is 13.9. The molecule has 1 aliphatic rings. The van der Waals surface area contributed by atoms with Gasteiger partial charge in [0, 0.05) is 12.2 Å². The predicted molar refractivity (Wildman–Crippen MR) is 104 cm³/mol. The number of anilines is 1. The zero-order valence-electron chi connectivity index (χ0n) is 15.8. The number of aromatic nitrogens is 2. The normalized spacial score (nSPS) is 14.3. The second kappa shape index (κ2) is 7.62. The van der Waals surface area contributed by atoms with Crippen LogP contribution in [0.25, 0.3) is 5.65 Å². The number of fused-ring (bicyclic) bond motifs is 1. The Hall–Kier alpha value is -3.29. The molecule has 29 heavy (non-hydrogen) atoms. The molecule has 0 radical (unpaired) electrons. The molecule has 2 heterocycles. The maximum atomic E-state index is 14.0. The van der Waals surface area contributed by atoms with E-state index in [2.05, 4.69) is 15.6 Å². The first-order valence-corrected chi connectivity index (χ1v) is 9.48. The van der Waals surface area contributed by atoms with Gasteiger partial charge in [0.05, 0.1) is 5.56 Å². The van der Waals surface area contributed by atoms with Gasteiger partial charge in [-0.25, -0.2) is 13.8 Å². The lowest BCUT2D eigenvalue weighted by molar-refractivity contribution is 0.0933. The van der Waals surface area contributed by atoms with Gasteiger partial charge in [-0.15, -0.1) is 0 Å². The minimum absolute atomic E-state index is 0.000224. The highest BCUT2D eigenvalue weighted by Crippen LogP contribution is 2.23. The Balaban J connectivity index is 1.72. The number of nitrogens with zero attached hydrogens (tertiary/aromatic N) is 2. The molecule has 1 aromatic carbocycles. The second-order valence-electron chi connectivity index (χ2n) is 7.28. The summed E-state index contributed by atoms with van der Waals surface area (Å²) in [5.41, 5.74) is 1.06. The van der Waals surface area contributed by atoms with Gasteiger partial charge >= 0.3 is 0 Å². The average Bonchev–Trinajstić information content (AvgIpc) is 3.30. The Bertz CT molecular complexity index is 1100. The molecule has 0 atom stereocenters. The number of benzene rings is 1. The lowest BCUT2D eigenvalue weighted by Gasteiger charge is -2.13. The molecule has 0 spiro atoms. The minimum Gasteiger partial charge on any atom is -0.348 e. The molecule has 0 saturated heterocycles. The van der Waals surface area contributed by atoms with E-state index in [1.165, 1.54) is 0 Å². The first-order valence-electron chi connectivity index (χ1n) is 9.48. The number of imidazole rings is 1. The first kappa shape index (κ1) is 19.0. The van der Waals surface area contributed by atoms with Crippen molar-refractivity contribution < 1.29 is 18.4 Å². The third kappa shape index (κ3) is 3.83. The molecule has 1 saturated carbocycles. The average molecular weight is 398 g/mol. The smallest absolute Gasteiger partial charge is 0.272 e. The standard InChI is InChI=1S/C21H20F2N4O2/c1-12-6-9-17-25-19(26-20(28)15-10-13(22)7-8-16(15)23)18(27(17)11-12)21(29)24-14-4-2-3-5-14/h6-11,14H,2-5H2,1H3,(H,24,29)(H,26,28). The third-order valence-corrected chi connectivity index (χ3v) is 5.08. The maximum absolute atomic E-state index is 14.0. The Kier molecular flexibility index (Phi) is 5.00. The van der Waals surface area contributed by atoms with Crippen LogP contribution < -0.4 is 10.6 Å². The molecule has 6 nitrogen and oxygen atoms in total. The lowest BCUT2D eigenvalue weighted by Crippen LogP contribution is -2.34. The number of hydrogen-bond acceptors (Lipinski definition) is 3. The Labute approximate surface area is 165 Å². The molecule has 2 amide bonds. The van der Waals surface area contributed by atoms with E-state index in [1.807, 2.05) is 13.0 Å². The molecule has 3 aromatic rings. The van der Waals surface area contributed by atoms with Crippen molar-refractivity contribution in [3.63, 3.8) is 0 Å². The molecule has 1 fully saturated rings. The highest BCUT2D eigenvalue weighted by Gasteiger charge is 2.25. The van der Waals surface area contributed by atoms with Crippen molar-refractivity contribution in [2.45, 2.75) is 38.6 Å². The molecule has 0 bridgehead atoms. The maximum Gasteiger partial charge on any atom is 0.272 e. The van der Waals surface area contributed by atoms with Gasteiger partial charge in [0.25, 0.3) is 11.8 Å². The van der Waals surface area contributed by atoms with E-state index in [0.717, 1.165) is 49.4 Å². The Morgan fingerprint density at radius 3 is 2.62 bits per heavy atom. The number of aryl methyl sites for hydroxylation is 1. The Morgan fingerprint density at radius 1 is 1.10 bits per heavy atom. The predicted octanol–water partition coefficient (Wildman–Crippen LogP) is 3.85. The third-order valence-electron chi connectivity index (χ3n) is 5.08. The summed E-state index contributed by atoms with van der Waals surface area (Å²) >= 11 is 0. The van der Waals surface area contributed by atoms with E-state index in [9.17, 15) is 18.4 Å². The van der Waals surface area contributed by atoms with Crippen molar-refractivity contribution in [2.75, 3.05) is 5.32 Å². The van der Waals surface area contributed by atoms with E-state index < -0.39 is 23.1 Å². The van der Waals surface area contributed by atoms with Crippen molar-refractivity contribution in [3.8, 4) is 0 Å². The van der Waals surface area contributed by atoms with Crippen LogP contribution in [-0.4, -0.2) is 27.2 Å². The summed E-state index contributed by atoms with van der Waals surface area (Å²) < 4.78 is 29.0. The van der Waals surface area contributed by atoms with Crippen molar-refractivity contribution in [2.24, 2.45) is 0 Å². The van der Waals surface area contributed by atoms with Gasteiger partial charge in [-0.3, -0.25) is 14.0 Å². The molecule has 2 N–H and O–H groups in total. The quantitative estimate of drug-likeness (QED) is 0.701. The number of rotatable bonds is 4. The number of hydrogen-bond donors (Lipinski definition) is 2. The van der Waals surface area contributed by atoms with Gasteiger partial charge in [-0.05, 0) is 49.6 Å². The van der Waals surface area contributed by atoms with Crippen LogP contribution in [0.2, 0.25) is 0 Å².